The van der Waals surface area contributed by atoms with Gasteiger partial charge in [-0.05, 0) is 44.9 Å². The molecule has 0 aromatic heterocycles. The van der Waals surface area contributed by atoms with Gasteiger partial charge in [0.05, 0.1) is 0 Å². The van der Waals surface area contributed by atoms with Gasteiger partial charge in [-0.2, -0.15) is 0 Å². The van der Waals surface area contributed by atoms with Gasteiger partial charge in [0.1, 0.15) is 13.2 Å². The summed E-state index contributed by atoms with van der Waals surface area (Å²) in [5, 5.41) is 0. The highest BCUT2D eigenvalue weighted by molar-refractivity contribution is 5.71. The van der Waals surface area contributed by atoms with E-state index in [9.17, 15) is 14.4 Å². The maximum Gasteiger partial charge on any atom is 0.306 e. The minimum atomic E-state index is -0.766. The number of carbonyl (C=O) groups excluding carboxylic acids is 3. The van der Waals surface area contributed by atoms with E-state index < -0.39 is 6.10 Å². The zero-order chi connectivity index (χ0) is 43.0. The first-order chi connectivity index (χ1) is 29.0. The lowest BCUT2D eigenvalue weighted by Crippen LogP contribution is -2.30. The van der Waals surface area contributed by atoms with Crippen LogP contribution in [0.5, 0.6) is 0 Å². The molecule has 0 amide bonds. The van der Waals surface area contributed by atoms with Crippen LogP contribution < -0.4 is 0 Å². The van der Waals surface area contributed by atoms with Gasteiger partial charge < -0.3 is 14.2 Å². The Morgan fingerprint density at radius 3 is 0.864 bits per heavy atom. The van der Waals surface area contributed by atoms with Crippen LogP contribution in [0, 0.1) is 0 Å². The summed E-state index contributed by atoms with van der Waals surface area (Å²) in [7, 11) is 0. The van der Waals surface area contributed by atoms with Crippen molar-refractivity contribution in [2.75, 3.05) is 13.2 Å². The van der Waals surface area contributed by atoms with Crippen molar-refractivity contribution in [3.63, 3.8) is 0 Å². The first-order valence-corrected chi connectivity index (χ1v) is 26.2. The summed E-state index contributed by atoms with van der Waals surface area (Å²) in [6, 6.07) is 0. The highest BCUT2D eigenvalue weighted by Crippen LogP contribution is 2.16. The number of esters is 3. The first-order valence-electron chi connectivity index (χ1n) is 26.2. The van der Waals surface area contributed by atoms with Crippen LogP contribution in [0.1, 0.15) is 290 Å². The van der Waals surface area contributed by atoms with Crippen molar-refractivity contribution < 1.29 is 28.6 Å². The Kier molecular flexibility index (Phi) is 47.3. The highest BCUT2D eigenvalue weighted by atomic mass is 16.6. The molecule has 0 N–H and O–H groups in total. The van der Waals surface area contributed by atoms with Crippen molar-refractivity contribution in [3.8, 4) is 0 Å². The smallest absolute Gasteiger partial charge is 0.306 e. The van der Waals surface area contributed by atoms with Gasteiger partial charge in [-0.3, -0.25) is 14.4 Å². The molecule has 0 fully saturated rings. The van der Waals surface area contributed by atoms with Crippen molar-refractivity contribution in [1.29, 1.82) is 0 Å². The second-order valence-electron chi connectivity index (χ2n) is 17.8. The monoisotopic (exact) mass is 833 g/mol. The van der Waals surface area contributed by atoms with Gasteiger partial charge in [0.25, 0.3) is 0 Å². The van der Waals surface area contributed by atoms with E-state index in [1.54, 1.807) is 0 Å². The van der Waals surface area contributed by atoms with Gasteiger partial charge in [-0.1, -0.05) is 238 Å². The van der Waals surface area contributed by atoms with Crippen molar-refractivity contribution in [2.24, 2.45) is 0 Å². The lowest BCUT2D eigenvalue weighted by Gasteiger charge is -2.18. The largest absolute Gasteiger partial charge is 0.462 e. The SMILES string of the molecule is CCCCCC/C=C\CCCCCCCC(=O)OC(COC(=O)CCCCCCCCCCCC)COC(=O)CCCCCCCCCCCCCCCCCCCC. The molecule has 0 heterocycles. The van der Waals surface area contributed by atoms with E-state index in [0.29, 0.717) is 19.3 Å². The van der Waals surface area contributed by atoms with E-state index >= 15 is 0 Å². The van der Waals surface area contributed by atoms with Gasteiger partial charge in [-0.25, -0.2) is 0 Å². The Bertz CT molecular complexity index is 916. The predicted octanol–water partition coefficient (Wildman–Crippen LogP) is 17.0. The third-order valence-corrected chi connectivity index (χ3v) is 11.8. The molecule has 0 radical (unpaired) electrons. The average molecular weight is 833 g/mol. The third kappa shape index (κ3) is 47.1. The molecule has 0 saturated carbocycles. The highest BCUT2D eigenvalue weighted by Gasteiger charge is 2.19. The van der Waals surface area contributed by atoms with Gasteiger partial charge in [0.15, 0.2) is 6.10 Å². The zero-order valence-corrected chi connectivity index (χ0v) is 39.8. The number of ether oxygens (including phenoxy) is 3. The molecule has 0 spiro atoms. The van der Waals surface area contributed by atoms with Crippen molar-refractivity contribution in [2.45, 2.75) is 297 Å². The Morgan fingerprint density at radius 1 is 0.322 bits per heavy atom. The van der Waals surface area contributed by atoms with Crippen LogP contribution in [0.25, 0.3) is 0 Å². The normalized spacial score (nSPS) is 12.0. The van der Waals surface area contributed by atoms with Gasteiger partial charge in [0, 0.05) is 19.3 Å². The fourth-order valence-electron chi connectivity index (χ4n) is 7.79. The van der Waals surface area contributed by atoms with E-state index in [1.165, 1.54) is 186 Å². The summed E-state index contributed by atoms with van der Waals surface area (Å²) in [4.78, 5) is 37.9. The number of allylic oxidation sites excluding steroid dienone is 2. The van der Waals surface area contributed by atoms with Crippen LogP contribution >= 0.6 is 0 Å². The first kappa shape index (κ1) is 57.1. The molecular weight excluding hydrogens is 733 g/mol. The van der Waals surface area contributed by atoms with E-state index in [-0.39, 0.29) is 31.1 Å². The molecule has 0 aliphatic rings. The van der Waals surface area contributed by atoms with Crippen molar-refractivity contribution in [3.05, 3.63) is 12.2 Å². The van der Waals surface area contributed by atoms with Crippen LogP contribution in [-0.2, 0) is 28.6 Å². The summed E-state index contributed by atoms with van der Waals surface area (Å²) in [6.45, 7) is 6.64. The molecule has 1 atom stereocenters. The van der Waals surface area contributed by atoms with Crippen LogP contribution in [0.4, 0.5) is 0 Å². The molecule has 0 aromatic rings. The Labute approximate surface area is 367 Å². The van der Waals surface area contributed by atoms with E-state index in [0.717, 1.165) is 64.2 Å². The van der Waals surface area contributed by atoms with Crippen molar-refractivity contribution in [1.82, 2.24) is 0 Å². The molecule has 0 aromatic carbocycles. The lowest BCUT2D eigenvalue weighted by molar-refractivity contribution is -0.167. The minimum absolute atomic E-state index is 0.0682. The Balaban J connectivity index is 4.27. The molecule has 6 nitrogen and oxygen atoms in total. The standard InChI is InChI=1S/C53H100O6/c1-4-7-10-13-16-19-22-24-25-26-27-28-30-31-34-37-40-43-46-52(55)58-49-50(48-57-51(54)45-42-39-36-33-21-18-15-12-9-6-3)59-53(56)47-44-41-38-35-32-29-23-20-17-14-11-8-5-2/h20,23,50H,4-19,21-22,24-49H2,1-3H3/b23-20-. The fourth-order valence-corrected chi connectivity index (χ4v) is 7.79. The van der Waals surface area contributed by atoms with Crippen LogP contribution in [0.15, 0.2) is 12.2 Å². The molecule has 0 aliphatic carbocycles. The van der Waals surface area contributed by atoms with Gasteiger partial charge in [0.2, 0.25) is 0 Å². The van der Waals surface area contributed by atoms with E-state index in [4.69, 9.17) is 14.2 Å². The molecule has 59 heavy (non-hydrogen) atoms. The van der Waals surface area contributed by atoms with Crippen LogP contribution in [0.2, 0.25) is 0 Å². The summed E-state index contributed by atoms with van der Waals surface area (Å²) in [5.74, 6) is -0.862. The average Bonchev–Trinajstić information content (AvgIpc) is 3.23. The number of carbonyl (C=O) groups is 3. The number of unbranched alkanes of at least 4 members (excludes halogenated alkanes) is 35. The maximum absolute atomic E-state index is 12.8. The molecule has 0 rings (SSSR count). The second kappa shape index (κ2) is 48.8. The number of rotatable bonds is 48. The fraction of sp³-hybridized carbons (Fsp3) is 0.906. The molecule has 6 heteroatoms. The molecule has 0 bridgehead atoms. The predicted molar refractivity (Wildman–Crippen MR) is 252 cm³/mol. The quantitative estimate of drug-likeness (QED) is 0.0263. The van der Waals surface area contributed by atoms with Crippen molar-refractivity contribution >= 4 is 17.9 Å². The maximum atomic E-state index is 12.8. The second-order valence-corrected chi connectivity index (χ2v) is 17.8. The van der Waals surface area contributed by atoms with Gasteiger partial charge >= 0.3 is 17.9 Å². The Hall–Kier alpha value is -1.85. The number of hydrogen-bond donors (Lipinski definition) is 0. The zero-order valence-electron chi connectivity index (χ0n) is 39.8. The summed E-state index contributed by atoms with van der Waals surface area (Å²) in [5.41, 5.74) is 0. The molecule has 1 unspecified atom stereocenters. The van der Waals surface area contributed by atoms with E-state index in [1.807, 2.05) is 0 Å². The molecule has 0 saturated heterocycles. The number of hydrogen-bond acceptors (Lipinski definition) is 6. The summed E-state index contributed by atoms with van der Waals surface area (Å²) in [6.07, 6.45) is 53.4. The minimum Gasteiger partial charge on any atom is -0.462 e. The lowest BCUT2D eigenvalue weighted by atomic mass is 10.0. The Morgan fingerprint density at radius 2 is 0.559 bits per heavy atom. The molecular formula is C53H100O6. The van der Waals surface area contributed by atoms with Crippen LogP contribution in [-0.4, -0.2) is 37.2 Å². The van der Waals surface area contributed by atoms with Crippen LogP contribution in [0.3, 0.4) is 0 Å². The molecule has 0 aliphatic heterocycles. The topological polar surface area (TPSA) is 78.9 Å². The molecule has 348 valence electrons. The summed E-state index contributed by atoms with van der Waals surface area (Å²) >= 11 is 0. The third-order valence-electron chi connectivity index (χ3n) is 11.8. The van der Waals surface area contributed by atoms with E-state index in [2.05, 4.69) is 32.9 Å². The summed E-state index contributed by atoms with van der Waals surface area (Å²) < 4.78 is 16.8. The van der Waals surface area contributed by atoms with Gasteiger partial charge in [-0.15, -0.1) is 0 Å².